The molecule has 0 amide bonds. The zero-order chi connectivity index (χ0) is 15.0. The predicted molar refractivity (Wildman–Crippen MR) is 79.5 cm³/mol. The first-order chi connectivity index (χ1) is 9.95. The van der Waals surface area contributed by atoms with E-state index in [1.54, 1.807) is 18.4 Å². The van der Waals surface area contributed by atoms with Gasteiger partial charge in [0.1, 0.15) is 11.8 Å². The van der Waals surface area contributed by atoms with Crippen molar-refractivity contribution in [2.45, 2.75) is 24.3 Å². The molecule has 1 aliphatic rings. The van der Waals surface area contributed by atoms with Crippen LogP contribution in [0.1, 0.15) is 25.1 Å². The Balaban J connectivity index is 1.94. The first-order valence-corrected chi connectivity index (χ1v) is 7.99. The van der Waals surface area contributed by atoms with E-state index < -0.39 is 10.0 Å². The largest absolute Gasteiger partial charge is 0.467 e. The monoisotopic (exact) mass is 305 g/mol. The molecule has 0 radical (unpaired) electrons. The summed E-state index contributed by atoms with van der Waals surface area (Å²) in [4.78, 5) is 0.0840. The van der Waals surface area contributed by atoms with Crippen LogP contribution in [0, 0.1) is 0 Å². The summed E-state index contributed by atoms with van der Waals surface area (Å²) in [5.41, 5.74) is 1.78. The Kier molecular flexibility index (Phi) is 3.30. The highest BCUT2D eigenvalue weighted by atomic mass is 32.2. The van der Waals surface area contributed by atoms with Crippen LogP contribution in [-0.2, 0) is 10.0 Å². The van der Waals surface area contributed by atoms with Crippen LogP contribution >= 0.6 is 0 Å². The zero-order valence-electron chi connectivity index (χ0n) is 11.4. The van der Waals surface area contributed by atoms with Crippen LogP contribution in [0.5, 0.6) is 0 Å². The lowest BCUT2D eigenvalue weighted by Crippen LogP contribution is -2.18. The maximum absolute atomic E-state index is 11.3. The molecule has 110 valence electrons. The van der Waals surface area contributed by atoms with E-state index in [4.69, 9.17) is 9.56 Å². The second kappa shape index (κ2) is 5.01. The van der Waals surface area contributed by atoms with Gasteiger partial charge in [0.05, 0.1) is 16.8 Å². The third-order valence-electron chi connectivity index (χ3n) is 3.36. The highest BCUT2D eigenvalue weighted by Gasteiger charge is 2.29. The van der Waals surface area contributed by atoms with Crippen molar-refractivity contribution in [2.75, 3.05) is 5.01 Å². The quantitative estimate of drug-likeness (QED) is 0.942. The van der Waals surface area contributed by atoms with Gasteiger partial charge < -0.3 is 4.42 Å². The Labute approximate surface area is 122 Å². The van der Waals surface area contributed by atoms with Gasteiger partial charge in [0.25, 0.3) is 0 Å². The fourth-order valence-corrected chi connectivity index (χ4v) is 2.90. The third kappa shape index (κ3) is 2.70. The van der Waals surface area contributed by atoms with E-state index in [1.807, 2.05) is 24.1 Å². The van der Waals surface area contributed by atoms with Crippen LogP contribution in [-0.4, -0.2) is 14.1 Å². The Morgan fingerprint density at radius 1 is 1.29 bits per heavy atom. The molecule has 0 bridgehead atoms. The lowest BCUT2D eigenvalue weighted by atomic mass is 10.1. The number of nitrogens with zero attached hydrogens (tertiary/aromatic N) is 2. The second-order valence-electron chi connectivity index (χ2n) is 4.95. The van der Waals surface area contributed by atoms with E-state index in [0.29, 0.717) is 0 Å². The molecule has 0 unspecified atom stereocenters. The van der Waals surface area contributed by atoms with E-state index in [1.165, 1.54) is 12.1 Å². The van der Waals surface area contributed by atoms with Crippen molar-refractivity contribution in [1.29, 1.82) is 0 Å². The van der Waals surface area contributed by atoms with Crippen molar-refractivity contribution in [3.63, 3.8) is 0 Å². The number of primary sulfonamides is 1. The summed E-state index contributed by atoms with van der Waals surface area (Å²) in [6.45, 7) is 1.95. The molecule has 6 nitrogen and oxygen atoms in total. The molecular formula is C14H15N3O3S. The Bertz CT molecular complexity index is 764. The normalized spacial score (nSPS) is 18.9. The first kappa shape index (κ1) is 13.8. The molecule has 3 rings (SSSR count). The molecule has 1 atom stereocenters. The number of anilines is 1. The van der Waals surface area contributed by atoms with Gasteiger partial charge in [0, 0.05) is 12.1 Å². The third-order valence-corrected chi connectivity index (χ3v) is 4.29. The summed E-state index contributed by atoms with van der Waals surface area (Å²) in [5.74, 6) is 0.825. The lowest BCUT2D eigenvalue weighted by Gasteiger charge is -2.22. The summed E-state index contributed by atoms with van der Waals surface area (Å²) in [7, 11) is -3.68. The molecular weight excluding hydrogens is 290 g/mol. The first-order valence-electron chi connectivity index (χ1n) is 6.45. The number of hydrogen-bond donors (Lipinski definition) is 1. The molecule has 2 heterocycles. The predicted octanol–water partition coefficient (Wildman–Crippen LogP) is 2.25. The van der Waals surface area contributed by atoms with E-state index in [9.17, 15) is 8.42 Å². The van der Waals surface area contributed by atoms with Gasteiger partial charge in [-0.1, -0.05) is 0 Å². The summed E-state index contributed by atoms with van der Waals surface area (Å²) in [6.07, 6.45) is 2.40. The molecule has 0 saturated carbocycles. The van der Waals surface area contributed by atoms with E-state index >= 15 is 0 Å². The van der Waals surface area contributed by atoms with Gasteiger partial charge >= 0.3 is 0 Å². The van der Waals surface area contributed by atoms with Crippen LogP contribution in [0.4, 0.5) is 5.69 Å². The molecule has 1 aliphatic heterocycles. The van der Waals surface area contributed by atoms with E-state index in [0.717, 1.165) is 23.6 Å². The Morgan fingerprint density at radius 2 is 2.00 bits per heavy atom. The molecule has 1 aromatic carbocycles. The average Bonchev–Trinajstić information content (AvgIpc) is 3.06. The van der Waals surface area contributed by atoms with Crippen molar-refractivity contribution < 1.29 is 12.8 Å². The van der Waals surface area contributed by atoms with Gasteiger partial charge in [-0.2, -0.15) is 5.10 Å². The second-order valence-corrected chi connectivity index (χ2v) is 6.52. The van der Waals surface area contributed by atoms with Crippen molar-refractivity contribution in [3.8, 4) is 0 Å². The number of hydrogen-bond acceptors (Lipinski definition) is 5. The average molecular weight is 305 g/mol. The maximum atomic E-state index is 11.3. The zero-order valence-corrected chi connectivity index (χ0v) is 12.2. The van der Waals surface area contributed by atoms with Crippen molar-refractivity contribution in [1.82, 2.24) is 0 Å². The molecule has 0 spiro atoms. The SMILES string of the molecule is CC1=NN(c2ccc(S(N)(=O)=O)cc2)[C@H](c2ccco2)C1. The van der Waals surface area contributed by atoms with Crippen molar-refractivity contribution in [3.05, 3.63) is 48.4 Å². The highest BCUT2D eigenvalue weighted by Crippen LogP contribution is 2.35. The number of sulfonamides is 1. The molecule has 1 aromatic heterocycles. The van der Waals surface area contributed by atoms with Gasteiger partial charge in [-0.25, -0.2) is 13.6 Å². The maximum Gasteiger partial charge on any atom is 0.238 e. The van der Waals surface area contributed by atoms with Crippen LogP contribution < -0.4 is 10.1 Å². The molecule has 0 fully saturated rings. The standard InChI is InChI=1S/C14H15N3O3S/c1-10-9-13(14-3-2-8-20-14)17(16-10)11-4-6-12(7-5-11)21(15,18)19/h2-8,13H,9H2,1H3,(H2,15,18,19)/t13-/m0/s1. The number of rotatable bonds is 3. The Hall–Kier alpha value is -2.12. The smallest absolute Gasteiger partial charge is 0.238 e. The number of hydrazone groups is 1. The van der Waals surface area contributed by atoms with E-state index in [2.05, 4.69) is 5.10 Å². The van der Waals surface area contributed by atoms with Gasteiger partial charge in [-0.3, -0.25) is 5.01 Å². The topological polar surface area (TPSA) is 88.9 Å². The summed E-state index contributed by atoms with van der Waals surface area (Å²) >= 11 is 0. The minimum Gasteiger partial charge on any atom is -0.467 e. The molecule has 2 N–H and O–H groups in total. The molecule has 2 aromatic rings. The van der Waals surface area contributed by atoms with Gasteiger partial charge in [0.15, 0.2) is 0 Å². The number of nitrogens with two attached hydrogens (primary N) is 1. The van der Waals surface area contributed by atoms with Crippen LogP contribution in [0.2, 0.25) is 0 Å². The molecule has 21 heavy (non-hydrogen) atoms. The minimum absolute atomic E-state index is 0.0136. The van der Waals surface area contributed by atoms with E-state index in [-0.39, 0.29) is 10.9 Å². The molecule has 0 aliphatic carbocycles. The van der Waals surface area contributed by atoms with Gasteiger partial charge in [0.2, 0.25) is 10.0 Å². The van der Waals surface area contributed by atoms with Crippen molar-refractivity contribution in [2.24, 2.45) is 10.2 Å². The van der Waals surface area contributed by atoms with Crippen molar-refractivity contribution >= 4 is 21.4 Å². The number of benzene rings is 1. The summed E-state index contributed by atoms with van der Waals surface area (Å²) in [5, 5.41) is 11.4. The van der Waals surface area contributed by atoms with Crippen LogP contribution in [0.15, 0.2) is 57.1 Å². The Morgan fingerprint density at radius 3 is 2.57 bits per heavy atom. The fraction of sp³-hybridized carbons (Fsp3) is 0.214. The fourth-order valence-electron chi connectivity index (χ4n) is 2.39. The van der Waals surface area contributed by atoms with Crippen LogP contribution in [0.25, 0.3) is 0 Å². The van der Waals surface area contributed by atoms with Crippen LogP contribution in [0.3, 0.4) is 0 Å². The molecule has 0 saturated heterocycles. The lowest BCUT2D eigenvalue weighted by molar-refractivity contribution is 0.465. The number of furan rings is 1. The minimum atomic E-state index is -3.68. The summed E-state index contributed by atoms with van der Waals surface area (Å²) in [6, 6.07) is 10.1. The highest BCUT2D eigenvalue weighted by molar-refractivity contribution is 7.89. The molecule has 7 heteroatoms. The van der Waals surface area contributed by atoms with Gasteiger partial charge in [-0.15, -0.1) is 0 Å². The summed E-state index contributed by atoms with van der Waals surface area (Å²) < 4.78 is 28.0. The van der Waals surface area contributed by atoms with Gasteiger partial charge in [-0.05, 0) is 43.3 Å².